The maximum absolute atomic E-state index is 5.96. The zero-order chi connectivity index (χ0) is 14.9. The quantitative estimate of drug-likeness (QED) is 0.842. The Labute approximate surface area is 127 Å². The van der Waals surface area contributed by atoms with E-state index in [2.05, 4.69) is 9.97 Å². The largest absolute Gasteiger partial charge is 0.437 e. The van der Waals surface area contributed by atoms with E-state index < -0.39 is 0 Å². The fraction of sp³-hybridized carbons (Fsp3) is 0.286. The van der Waals surface area contributed by atoms with E-state index in [4.69, 9.17) is 33.7 Å². The predicted octanol–water partition coefficient (Wildman–Crippen LogP) is 4.59. The number of nitrogens with zero attached hydrogens (tertiary/aromatic N) is 2. The number of nitrogens with two attached hydrogens (primary N) is 1. The van der Waals surface area contributed by atoms with Crippen molar-refractivity contribution in [2.24, 2.45) is 0 Å². The zero-order valence-corrected chi connectivity index (χ0v) is 13.0. The lowest BCUT2D eigenvalue weighted by atomic mass is 10.2. The number of aromatic nitrogens is 2. The zero-order valence-electron chi connectivity index (χ0n) is 11.4. The Morgan fingerprint density at radius 1 is 1.10 bits per heavy atom. The minimum Gasteiger partial charge on any atom is -0.437 e. The van der Waals surface area contributed by atoms with Crippen LogP contribution in [0.25, 0.3) is 0 Å². The molecule has 2 N–H and O–H groups in total. The topological polar surface area (TPSA) is 61.0 Å². The minimum atomic E-state index is 0.211. The summed E-state index contributed by atoms with van der Waals surface area (Å²) < 4.78 is 5.70. The highest BCUT2D eigenvalue weighted by molar-refractivity contribution is 6.42. The Morgan fingerprint density at radius 2 is 1.75 bits per heavy atom. The summed E-state index contributed by atoms with van der Waals surface area (Å²) in [5, 5.41) is 0.768. The van der Waals surface area contributed by atoms with Crippen LogP contribution in [0, 0.1) is 6.92 Å². The summed E-state index contributed by atoms with van der Waals surface area (Å²) in [7, 11) is 0. The second-order valence-corrected chi connectivity index (χ2v) is 5.58. The van der Waals surface area contributed by atoms with Crippen LogP contribution in [0.4, 0.5) is 5.69 Å². The van der Waals surface area contributed by atoms with Gasteiger partial charge in [-0.05, 0) is 13.0 Å². The highest BCUT2D eigenvalue weighted by Gasteiger charge is 2.11. The molecule has 0 atom stereocenters. The van der Waals surface area contributed by atoms with Gasteiger partial charge in [0.1, 0.15) is 5.82 Å². The molecule has 0 aliphatic carbocycles. The van der Waals surface area contributed by atoms with Gasteiger partial charge in [0, 0.05) is 23.7 Å². The number of rotatable bonds is 3. The molecule has 0 aliphatic rings. The molecule has 0 aliphatic heterocycles. The Balaban J connectivity index is 2.37. The molecule has 20 heavy (non-hydrogen) atoms. The van der Waals surface area contributed by atoms with Crippen LogP contribution in [-0.4, -0.2) is 9.97 Å². The standard InChI is InChI=1S/C14H15Cl2N3O/c1-7(2)14-18-8(3)4-13(19-14)20-12-6-10(16)9(15)5-11(12)17/h4-7H,17H2,1-3H3. The third-order valence-electron chi connectivity index (χ3n) is 2.63. The van der Waals surface area contributed by atoms with Crippen molar-refractivity contribution >= 4 is 28.9 Å². The van der Waals surface area contributed by atoms with Crippen molar-refractivity contribution in [3.8, 4) is 11.6 Å². The molecule has 6 heteroatoms. The molecule has 4 nitrogen and oxygen atoms in total. The van der Waals surface area contributed by atoms with Crippen molar-refractivity contribution in [2.75, 3.05) is 5.73 Å². The van der Waals surface area contributed by atoms with Crippen molar-refractivity contribution in [1.82, 2.24) is 9.97 Å². The van der Waals surface area contributed by atoms with E-state index in [0.29, 0.717) is 27.4 Å². The van der Waals surface area contributed by atoms with Gasteiger partial charge < -0.3 is 10.5 Å². The number of nitrogen functional groups attached to an aromatic ring is 1. The Morgan fingerprint density at radius 3 is 2.40 bits per heavy atom. The van der Waals surface area contributed by atoms with Crippen LogP contribution in [-0.2, 0) is 0 Å². The Hall–Kier alpha value is -1.52. The first kappa shape index (κ1) is 14.9. The number of hydrogen-bond acceptors (Lipinski definition) is 4. The van der Waals surface area contributed by atoms with Gasteiger partial charge in [0.2, 0.25) is 5.88 Å². The maximum atomic E-state index is 5.96. The lowest BCUT2D eigenvalue weighted by Crippen LogP contribution is -2.02. The number of benzene rings is 1. The molecule has 0 saturated heterocycles. The molecule has 1 aromatic carbocycles. The first-order chi connectivity index (χ1) is 9.36. The molecular weight excluding hydrogens is 297 g/mol. The van der Waals surface area contributed by atoms with Crippen molar-refractivity contribution in [3.63, 3.8) is 0 Å². The van der Waals surface area contributed by atoms with E-state index in [9.17, 15) is 0 Å². The number of anilines is 1. The fourth-order valence-electron chi connectivity index (χ4n) is 1.62. The molecule has 0 amide bonds. The van der Waals surface area contributed by atoms with Gasteiger partial charge in [0.25, 0.3) is 0 Å². The molecule has 0 spiro atoms. The molecule has 0 bridgehead atoms. The Kier molecular flexibility index (Phi) is 4.35. The van der Waals surface area contributed by atoms with E-state index >= 15 is 0 Å². The highest BCUT2D eigenvalue weighted by Crippen LogP contribution is 2.34. The van der Waals surface area contributed by atoms with Gasteiger partial charge >= 0.3 is 0 Å². The van der Waals surface area contributed by atoms with Crippen LogP contribution >= 0.6 is 23.2 Å². The Bertz CT molecular complexity index is 645. The summed E-state index contributed by atoms with van der Waals surface area (Å²) in [5.41, 5.74) is 7.10. The van der Waals surface area contributed by atoms with Crippen molar-refractivity contribution in [2.45, 2.75) is 26.7 Å². The number of halogens is 2. The fourth-order valence-corrected chi connectivity index (χ4v) is 1.94. The normalized spacial score (nSPS) is 10.9. The van der Waals surface area contributed by atoms with Gasteiger partial charge in [-0.25, -0.2) is 4.98 Å². The number of hydrogen-bond donors (Lipinski definition) is 1. The molecule has 106 valence electrons. The third-order valence-corrected chi connectivity index (χ3v) is 3.35. The van der Waals surface area contributed by atoms with Gasteiger partial charge in [-0.1, -0.05) is 37.0 Å². The van der Waals surface area contributed by atoms with Gasteiger partial charge in [-0.2, -0.15) is 4.98 Å². The van der Waals surface area contributed by atoms with Crippen LogP contribution < -0.4 is 10.5 Å². The van der Waals surface area contributed by atoms with Crippen molar-refractivity contribution in [1.29, 1.82) is 0 Å². The minimum absolute atomic E-state index is 0.211. The molecule has 0 radical (unpaired) electrons. The molecule has 2 rings (SSSR count). The maximum Gasteiger partial charge on any atom is 0.222 e. The molecule has 2 aromatic rings. The van der Waals surface area contributed by atoms with Crippen molar-refractivity contribution in [3.05, 3.63) is 39.8 Å². The average molecular weight is 312 g/mol. The van der Waals surface area contributed by atoms with Crippen LogP contribution in [0.15, 0.2) is 18.2 Å². The summed E-state index contributed by atoms with van der Waals surface area (Å²) in [6.45, 7) is 5.93. The molecule has 0 fully saturated rings. The number of ether oxygens (including phenoxy) is 1. The first-order valence-electron chi connectivity index (χ1n) is 6.14. The average Bonchev–Trinajstić information content (AvgIpc) is 2.35. The van der Waals surface area contributed by atoms with Crippen LogP contribution in [0.3, 0.4) is 0 Å². The number of aryl methyl sites for hydroxylation is 1. The van der Waals surface area contributed by atoms with Gasteiger partial charge in [0.15, 0.2) is 5.75 Å². The molecule has 0 unspecified atom stereocenters. The summed E-state index contributed by atoms with van der Waals surface area (Å²) >= 11 is 11.9. The first-order valence-corrected chi connectivity index (χ1v) is 6.90. The van der Waals surface area contributed by atoms with Crippen molar-refractivity contribution < 1.29 is 4.74 Å². The highest BCUT2D eigenvalue weighted by atomic mass is 35.5. The monoisotopic (exact) mass is 311 g/mol. The SMILES string of the molecule is Cc1cc(Oc2cc(Cl)c(Cl)cc2N)nc(C(C)C)n1. The summed E-state index contributed by atoms with van der Waals surface area (Å²) in [5.74, 6) is 1.79. The van der Waals surface area contributed by atoms with Gasteiger partial charge in [-0.15, -0.1) is 0 Å². The second kappa shape index (κ2) is 5.85. The molecule has 1 heterocycles. The molecular formula is C14H15Cl2N3O. The van der Waals surface area contributed by atoms with E-state index in [1.807, 2.05) is 20.8 Å². The van der Waals surface area contributed by atoms with E-state index in [0.717, 1.165) is 11.5 Å². The predicted molar refractivity (Wildman–Crippen MR) is 81.8 cm³/mol. The van der Waals surface area contributed by atoms with E-state index in [1.165, 1.54) is 0 Å². The lowest BCUT2D eigenvalue weighted by Gasteiger charge is -2.11. The second-order valence-electron chi connectivity index (χ2n) is 4.77. The smallest absolute Gasteiger partial charge is 0.222 e. The summed E-state index contributed by atoms with van der Waals surface area (Å²) in [6, 6.07) is 4.87. The van der Waals surface area contributed by atoms with Gasteiger partial charge in [-0.3, -0.25) is 0 Å². The van der Waals surface area contributed by atoms with Gasteiger partial charge in [0.05, 0.1) is 15.7 Å². The summed E-state index contributed by atoms with van der Waals surface area (Å²) in [6.07, 6.45) is 0. The summed E-state index contributed by atoms with van der Waals surface area (Å²) in [4.78, 5) is 8.72. The van der Waals surface area contributed by atoms with E-state index in [-0.39, 0.29) is 5.92 Å². The van der Waals surface area contributed by atoms with Crippen LogP contribution in [0.2, 0.25) is 10.0 Å². The third kappa shape index (κ3) is 3.32. The van der Waals surface area contributed by atoms with Crippen LogP contribution in [0.1, 0.15) is 31.3 Å². The van der Waals surface area contributed by atoms with Crippen LogP contribution in [0.5, 0.6) is 11.6 Å². The molecule has 1 aromatic heterocycles. The lowest BCUT2D eigenvalue weighted by molar-refractivity contribution is 0.458. The van der Waals surface area contributed by atoms with E-state index in [1.54, 1.807) is 18.2 Å². The molecule has 0 saturated carbocycles.